The molecule has 1 fully saturated rings. The molecule has 1 aromatic carbocycles. The summed E-state index contributed by atoms with van der Waals surface area (Å²) in [6, 6.07) is 7.45. The van der Waals surface area contributed by atoms with Crippen molar-refractivity contribution in [2.75, 3.05) is 39.8 Å². The van der Waals surface area contributed by atoms with Crippen LogP contribution >= 0.6 is 0 Å². The number of fused-ring (bicyclic) bond motifs is 1. The minimum absolute atomic E-state index is 0.0924. The molecule has 1 aliphatic heterocycles. The molecule has 0 N–H and O–H groups in total. The van der Waals surface area contributed by atoms with Crippen molar-refractivity contribution in [3.8, 4) is 0 Å². The van der Waals surface area contributed by atoms with Gasteiger partial charge in [0.25, 0.3) is 0 Å². The Bertz CT molecular complexity index is 796. The van der Waals surface area contributed by atoms with Crippen molar-refractivity contribution in [3.05, 3.63) is 46.3 Å². The lowest BCUT2D eigenvalue weighted by molar-refractivity contribution is 0.00405. The first-order valence-corrected chi connectivity index (χ1v) is 11.2. The molecule has 5 nitrogen and oxygen atoms in total. The van der Waals surface area contributed by atoms with Gasteiger partial charge in [0.1, 0.15) is 5.58 Å². The van der Waals surface area contributed by atoms with E-state index in [0.717, 1.165) is 44.5 Å². The van der Waals surface area contributed by atoms with E-state index in [1.165, 1.54) is 32.4 Å². The Hall–Kier alpha value is -1.69. The summed E-state index contributed by atoms with van der Waals surface area (Å²) in [5.74, 6) is 0. The van der Waals surface area contributed by atoms with Gasteiger partial charge in [-0.1, -0.05) is 19.1 Å². The third kappa shape index (κ3) is 6.66. The first kappa shape index (κ1) is 22.0. The molecule has 2 heterocycles. The molecule has 1 aliphatic rings. The number of ether oxygens (including phenoxy) is 1. The molecule has 0 saturated carbocycles. The third-order valence-corrected chi connectivity index (χ3v) is 5.82. The molecular weight excluding hydrogens is 364 g/mol. The van der Waals surface area contributed by atoms with E-state index in [1.807, 2.05) is 24.3 Å². The summed E-state index contributed by atoms with van der Waals surface area (Å²) < 4.78 is 11.7. The van der Waals surface area contributed by atoms with Crippen molar-refractivity contribution in [2.24, 2.45) is 0 Å². The van der Waals surface area contributed by atoms with Crippen LogP contribution in [0.1, 0.15) is 51.0 Å². The molecular formula is C24H36N2O3. The maximum absolute atomic E-state index is 12.7. The topological polar surface area (TPSA) is 45.9 Å². The van der Waals surface area contributed by atoms with Gasteiger partial charge >= 0.3 is 0 Å². The molecule has 2 aromatic rings. The van der Waals surface area contributed by atoms with Gasteiger partial charge in [0, 0.05) is 31.8 Å². The number of piperidine rings is 1. The Morgan fingerprint density at radius 3 is 2.72 bits per heavy atom. The Morgan fingerprint density at radius 1 is 1.14 bits per heavy atom. The molecule has 0 radical (unpaired) electrons. The van der Waals surface area contributed by atoms with Crippen LogP contribution in [0.4, 0.5) is 0 Å². The maximum atomic E-state index is 12.7. The highest BCUT2D eigenvalue weighted by Crippen LogP contribution is 2.17. The standard InChI is InChI=1S/C24H36N2O3/c1-3-13-25(2)14-7-4-8-17-28-21-11-15-26(16-12-21)18-20-19-29-23-10-6-5-9-22(23)24(20)27/h5-6,9-10,19,21H,3-4,7-8,11-18H2,1-2H3. The van der Waals surface area contributed by atoms with Crippen LogP contribution in [-0.2, 0) is 11.3 Å². The van der Waals surface area contributed by atoms with Gasteiger partial charge in [0.05, 0.1) is 17.8 Å². The summed E-state index contributed by atoms with van der Waals surface area (Å²) in [5, 5.41) is 0.670. The number of benzene rings is 1. The Balaban J connectivity index is 1.34. The van der Waals surface area contributed by atoms with Gasteiger partial charge in [-0.15, -0.1) is 0 Å². The number of rotatable bonds is 11. The number of unbranched alkanes of at least 4 members (excludes halogenated alkanes) is 2. The predicted molar refractivity (Wildman–Crippen MR) is 118 cm³/mol. The van der Waals surface area contributed by atoms with Crippen LogP contribution in [-0.4, -0.2) is 55.7 Å². The Kier molecular flexibility index (Phi) is 8.71. The minimum atomic E-state index is 0.0924. The van der Waals surface area contributed by atoms with Crippen molar-refractivity contribution in [3.63, 3.8) is 0 Å². The van der Waals surface area contributed by atoms with Crippen LogP contribution < -0.4 is 5.43 Å². The summed E-state index contributed by atoms with van der Waals surface area (Å²) in [6.45, 7) is 8.08. The van der Waals surface area contributed by atoms with Crippen LogP contribution in [0, 0.1) is 0 Å². The lowest BCUT2D eigenvalue weighted by Gasteiger charge is -2.31. The number of para-hydroxylation sites is 1. The maximum Gasteiger partial charge on any atom is 0.197 e. The fourth-order valence-electron chi connectivity index (χ4n) is 4.11. The van der Waals surface area contributed by atoms with Gasteiger partial charge in [-0.25, -0.2) is 0 Å². The number of hydrogen-bond donors (Lipinski definition) is 0. The SMILES string of the molecule is CCCN(C)CCCCCOC1CCN(Cc2coc3ccccc3c2=O)CC1. The smallest absolute Gasteiger partial charge is 0.197 e. The predicted octanol–water partition coefficient (Wildman–Crippen LogP) is 4.29. The second-order valence-electron chi connectivity index (χ2n) is 8.30. The van der Waals surface area contributed by atoms with Crippen molar-refractivity contribution in [2.45, 2.75) is 58.1 Å². The van der Waals surface area contributed by atoms with Crippen molar-refractivity contribution >= 4 is 11.0 Å². The van der Waals surface area contributed by atoms with E-state index in [2.05, 4.69) is 23.8 Å². The van der Waals surface area contributed by atoms with Gasteiger partial charge in [-0.3, -0.25) is 9.69 Å². The molecule has 0 amide bonds. The summed E-state index contributed by atoms with van der Waals surface area (Å²) in [6.07, 6.45) is 8.95. The van der Waals surface area contributed by atoms with Gasteiger partial charge in [0.15, 0.2) is 5.43 Å². The molecule has 160 valence electrons. The van der Waals surface area contributed by atoms with E-state index in [1.54, 1.807) is 6.26 Å². The summed E-state index contributed by atoms with van der Waals surface area (Å²) in [4.78, 5) is 17.4. The van der Waals surface area contributed by atoms with Crippen LogP contribution in [0.5, 0.6) is 0 Å². The lowest BCUT2D eigenvalue weighted by atomic mass is 10.1. The average molecular weight is 401 g/mol. The molecule has 29 heavy (non-hydrogen) atoms. The summed E-state index contributed by atoms with van der Waals surface area (Å²) >= 11 is 0. The average Bonchev–Trinajstić information content (AvgIpc) is 2.74. The Labute approximate surface area is 174 Å². The number of likely N-dealkylation sites (tertiary alicyclic amines) is 1. The molecule has 0 unspecified atom stereocenters. The first-order valence-electron chi connectivity index (χ1n) is 11.2. The zero-order chi connectivity index (χ0) is 20.5. The highest BCUT2D eigenvalue weighted by atomic mass is 16.5. The van der Waals surface area contributed by atoms with Crippen LogP contribution in [0.15, 0.2) is 39.7 Å². The molecule has 1 saturated heterocycles. The monoisotopic (exact) mass is 400 g/mol. The molecule has 3 rings (SSSR count). The highest BCUT2D eigenvalue weighted by Gasteiger charge is 2.20. The largest absolute Gasteiger partial charge is 0.464 e. The zero-order valence-electron chi connectivity index (χ0n) is 18.1. The zero-order valence-corrected chi connectivity index (χ0v) is 18.1. The molecule has 0 atom stereocenters. The van der Waals surface area contributed by atoms with Crippen molar-refractivity contribution in [1.29, 1.82) is 0 Å². The second-order valence-corrected chi connectivity index (χ2v) is 8.30. The summed E-state index contributed by atoms with van der Waals surface area (Å²) in [7, 11) is 2.20. The number of hydrogen-bond acceptors (Lipinski definition) is 5. The fourth-order valence-corrected chi connectivity index (χ4v) is 4.11. The number of nitrogens with zero attached hydrogens (tertiary/aromatic N) is 2. The van der Waals surface area contributed by atoms with E-state index in [-0.39, 0.29) is 5.43 Å². The van der Waals surface area contributed by atoms with Crippen LogP contribution in [0.3, 0.4) is 0 Å². The van der Waals surface area contributed by atoms with Gasteiger partial charge in [-0.2, -0.15) is 0 Å². The lowest BCUT2D eigenvalue weighted by Crippen LogP contribution is -2.37. The van der Waals surface area contributed by atoms with E-state index < -0.39 is 0 Å². The molecule has 5 heteroatoms. The Morgan fingerprint density at radius 2 is 1.93 bits per heavy atom. The third-order valence-electron chi connectivity index (χ3n) is 5.82. The van der Waals surface area contributed by atoms with Crippen LogP contribution in [0.2, 0.25) is 0 Å². The first-order chi connectivity index (χ1) is 14.2. The second kappa shape index (κ2) is 11.5. The molecule has 1 aromatic heterocycles. The molecule has 0 spiro atoms. The highest BCUT2D eigenvalue weighted by molar-refractivity contribution is 5.76. The molecule has 0 aliphatic carbocycles. The van der Waals surface area contributed by atoms with Gasteiger partial charge in [-0.05, 0) is 70.8 Å². The van der Waals surface area contributed by atoms with Crippen molar-refractivity contribution in [1.82, 2.24) is 9.80 Å². The normalized spacial score (nSPS) is 16.1. The van der Waals surface area contributed by atoms with E-state index in [4.69, 9.17) is 9.15 Å². The van der Waals surface area contributed by atoms with Crippen molar-refractivity contribution < 1.29 is 9.15 Å². The van der Waals surface area contributed by atoms with E-state index in [9.17, 15) is 4.79 Å². The quantitative estimate of drug-likeness (QED) is 0.527. The van der Waals surface area contributed by atoms with E-state index in [0.29, 0.717) is 23.6 Å². The minimum Gasteiger partial charge on any atom is -0.464 e. The summed E-state index contributed by atoms with van der Waals surface area (Å²) in [5.41, 5.74) is 1.50. The van der Waals surface area contributed by atoms with Crippen LogP contribution in [0.25, 0.3) is 11.0 Å². The fraction of sp³-hybridized carbons (Fsp3) is 0.625. The van der Waals surface area contributed by atoms with Gasteiger partial charge in [0.2, 0.25) is 0 Å². The van der Waals surface area contributed by atoms with Gasteiger partial charge < -0.3 is 14.1 Å². The molecule has 0 bridgehead atoms. The van der Waals surface area contributed by atoms with E-state index >= 15 is 0 Å².